The van der Waals surface area contributed by atoms with Gasteiger partial charge < -0.3 is 5.32 Å². The van der Waals surface area contributed by atoms with Crippen molar-refractivity contribution in [1.82, 2.24) is 5.32 Å². The smallest absolute Gasteiger partial charge is 0.0320 e. The molecule has 14 heavy (non-hydrogen) atoms. The van der Waals surface area contributed by atoms with Crippen LogP contribution in [0.4, 0.5) is 0 Å². The SMILES string of the molecule is C=CCNC(CC)c1cccc(Br)c1. The monoisotopic (exact) mass is 253 g/mol. The highest BCUT2D eigenvalue weighted by molar-refractivity contribution is 9.10. The number of hydrogen-bond acceptors (Lipinski definition) is 1. The van der Waals surface area contributed by atoms with E-state index in [9.17, 15) is 0 Å². The van der Waals surface area contributed by atoms with E-state index in [4.69, 9.17) is 0 Å². The summed E-state index contributed by atoms with van der Waals surface area (Å²) in [5, 5.41) is 3.42. The first-order valence-corrected chi connectivity index (χ1v) is 5.67. The van der Waals surface area contributed by atoms with E-state index in [0.717, 1.165) is 17.4 Å². The highest BCUT2D eigenvalue weighted by Gasteiger charge is 2.06. The number of hydrogen-bond donors (Lipinski definition) is 1. The van der Waals surface area contributed by atoms with E-state index in [1.807, 2.05) is 12.1 Å². The normalized spacial score (nSPS) is 12.4. The molecule has 1 aromatic carbocycles. The van der Waals surface area contributed by atoms with Crippen LogP contribution in [-0.2, 0) is 0 Å². The van der Waals surface area contributed by atoms with E-state index in [-0.39, 0.29) is 0 Å². The number of nitrogens with one attached hydrogen (secondary N) is 1. The first-order chi connectivity index (χ1) is 6.77. The molecule has 1 atom stereocenters. The second-order valence-electron chi connectivity index (χ2n) is 3.21. The summed E-state index contributed by atoms with van der Waals surface area (Å²) in [5.41, 5.74) is 1.32. The van der Waals surface area contributed by atoms with Gasteiger partial charge in [-0.2, -0.15) is 0 Å². The van der Waals surface area contributed by atoms with Crippen molar-refractivity contribution in [1.29, 1.82) is 0 Å². The van der Waals surface area contributed by atoms with Crippen LogP contribution in [-0.4, -0.2) is 6.54 Å². The van der Waals surface area contributed by atoms with Crippen LogP contribution < -0.4 is 5.32 Å². The Bertz CT molecular complexity index is 296. The molecule has 0 saturated carbocycles. The lowest BCUT2D eigenvalue weighted by atomic mass is 10.0. The minimum atomic E-state index is 0.422. The standard InChI is InChI=1S/C12H16BrN/c1-3-8-14-12(4-2)10-6-5-7-11(13)9-10/h3,5-7,9,12,14H,1,4,8H2,2H3. The highest BCUT2D eigenvalue weighted by Crippen LogP contribution is 2.20. The molecule has 0 heterocycles. The second-order valence-corrected chi connectivity index (χ2v) is 4.13. The number of rotatable bonds is 5. The summed E-state index contributed by atoms with van der Waals surface area (Å²) in [5.74, 6) is 0. The van der Waals surface area contributed by atoms with Crippen LogP contribution in [0.3, 0.4) is 0 Å². The van der Waals surface area contributed by atoms with Gasteiger partial charge in [0.1, 0.15) is 0 Å². The topological polar surface area (TPSA) is 12.0 Å². The summed E-state index contributed by atoms with van der Waals surface area (Å²) >= 11 is 3.48. The minimum absolute atomic E-state index is 0.422. The van der Waals surface area contributed by atoms with Crippen molar-refractivity contribution in [3.8, 4) is 0 Å². The third-order valence-corrected chi connectivity index (χ3v) is 2.66. The van der Waals surface area contributed by atoms with Gasteiger partial charge in [0.05, 0.1) is 0 Å². The van der Waals surface area contributed by atoms with Gasteiger partial charge >= 0.3 is 0 Å². The maximum atomic E-state index is 3.71. The molecule has 0 saturated heterocycles. The van der Waals surface area contributed by atoms with Crippen molar-refractivity contribution < 1.29 is 0 Å². The fourth-order valence-electron chi connectivity index (χ4n) is 1.45. The van der Waals surface area contributed by atoms with Crippen LogP contribution >= 0.6 is 15.9 Å². The lowest BCUT2D eigenvalue weighted by Crippen LogP contribution is -2.20. The molecule has 0 spiro atoms. The third-order valence-electron chi connectivity index (χ3n) is 2.17. The minimum Gasteiger partial charge on any atom is -0.306 e. The maximum absolute atomic E-state index is 3.71. The predicted octanol–water partition coefficient (Wildman–Crippen LogP) is 3.68. The summed E-state index contributed by atoms with van der Waals surface area (Å²) in [4.78, 5) is 0. The lowest BCUT2D eigenvalue weighted by Gasteiger charge is -2.16. The van der Waals surface area contributed by atoms with Gasteiger partial charge in [-0.1, -0.05) is 41.1 Å². The van der Waals surface area contributed by atoms with Crippen molar-refractivity contribution in [2.45, 2.75) is 19.4 Å². The average molecular weight is 254 g/mol. The van der Waals surface area contributed by atoms with E-state index in [1.165, 1.54) is 5.56 Å². The van der Waals surface area contributed by atoms with Crippen LogP contribution in [0.5, 0.6) is 0 Å². The Labute approximate surface area is 94.3 Å². The van der Waals surface area contributed by atoms with E-state index < -0.39 is 0 Å². The Morgan fingerprint density at radius 2 is 2.36 bits per heavy atom. The van der Waals surface area contributed by atoms with Gasteiger partial charge in [-0.15, -0.1) is 6.58 Å². The number of benzene rings is 1. The zero-order valence-electron chi connectivity index (χ0n) is 8.46. The quantitative estimate of drug-likeness (QED) is 0.790. The molecule has 0 aromatic heterocycles. The van der Waals surface area contributed by atoms with Gasteiger partial charge in [0.2, 0.25) is 0 Å². The summed E-state index contributed by atoms with van der Waals surface area (Å²) in [6.45, 7) is 6.74. The van der Waals surface area contributed by atoms with Crippen LogP contribution in [0.15, 0.2) is 41.4 Å². The fourth-order valence-corrected chi connectivity index (χ4v) is 1.86. The van der Waals surface area contributed by atoms with Gasteiger partial charge in [0.15, 0.2) is 0 Å². The van der Waals surface area contributed by atoms with Crippen molar-refractivity contribution in [3.63, 3.8) is 0 Å². The fraction of sp³-hybridized carbons (Fsp3) is 0.333. The number of halogens is 1. The van der Waals surface area contributed by atoms with Gasteiger partial charge in [0, 0.05) is 17.1 Å². The van der Waals surface area contributed by atoms with Crippen LogP contribution in [0.1, 0.15) is 24.9 Å². The lowest BCUT2D eigenvalue weighted by molar-refractivity contribution is 0.551. The molecule has 1 unspecified atom stereocenters. The molecule has 0 fully saturated rings. The average Bonchev–Trinajstić information content (AvgIpc) is 2.19. The van der Waals surface area contributed by atoms with Crippen LogP contribution in [0, 0.1) is 0 Å². The molecule has 0 radical (unpaired) electrons. The third kappa shape index (κ3) is 3.28. The van der Waals surface area contributed by atoms with Gasteiger partial charge in [-0.25, -0.2) is 0 Å². The molecule has 1 aromatic rings. The van der Waals surface area contributed by atoms with E-state index >= 15 is 0 Å². The Morgan fingerprint density at radius 3 is 2.93 bits per heavy atom. The van der Waals surface area contributed by atoms with Crippen LogP contribution in [0.25, 0.3) is 0 Å². The first kappa shape index (κ1) is 11.5. The Morgan fingerprint density at radius 1 is 1.57 bits per heavy atom. The Balaban J connectivity index is 2.72. The molecule has 2 heteroatoms. The van der Waals surface area contributed by atoms with E-state index in [0.29, 0.717) is 6.04 Å². The van der Waals surface area contributed by atoms with Crippen molar-refractivity contribution in [2.75, 3.05) is 6.54 Å². The molecule has 0 aliphatic heterocycles. The summed E-state index contributed by atoms with van der Waals surface area (Å²) < 4.78 is 1.13. The zero-order valence-corrected chi connectivity index (χ0v) is 10.0. The molecule has 1 nitrogen and oxygen atoms in total. The molecule has 76 valence electrons. The molecule has 1 rings (SSSR count). The molecule has 1 N–H and O–H groups in total. The molecule has 0 aliphatic carbocycles. The second kappa shape index (κ2) is 5.99. The largest absolute Gasteiger partial charge is 0.306 e. The maximum Gasteiger partial charge on any atom is 0.0320 e. The van der Waals surface area contributed by atoms with Crippen molar-refractivity contribution in [2.24, 2.45) is 0 Å². The van der Waals surface area contributed by atoms with Gasteiger partial charge in [-0.3, -0.25) is 0 Å². The molecule has 0 aliphatic rings. The molecule has 0 bridgehead atoms. The summed E-state index contributed by atoms with van der Waals surface area (Å²) in [6.07, 6.45) is 2.98. The summed E-state index contributed by atoms with van der Waals surface area (Å²) in [6, 6.07) is 8.84. The molecule has 0 amide bonds. The molecular weight excluding hydrogens is 238 g/mol. The van der Waals surface area contributed by atoms with Crippen molar-refractivity contribution >= 4 is 15.9 Å². The highest BCUT2D eigenvalue weighted by atomic mass is 79.9. The zero-order chi connectivity index (χ0) is 10.4. The van der Waals surface area contributed by atoms with Gasteiger partial charge in [-0.05, 0) is 24.1 Å². The van der Waals surface area contributed by atoms with Crippen molar-refractivity contribution in [3.05, 3.63) is 47.0 Å². The summed E-state index contributed by atoms with van der Waals surface area (Å²) in [7, 11) is 0. The first-order valence-electron chi connectivity index (χ1n) is 4.87. The van der Waals surface area contributed by atoms with E-state index in [1.54, 1.807) is 0 Å². The van der Waals surface area contributed by atoms with Gasteiger partial charge in [0.25, 0.3) is 0 Å². The Kier molecular flexibility index (Phi) is 4.91. The predicted molar refractivity (Wildman–Crippen MR) is 65.4 cm³/mol. The molecular formula is C12H16BrN. The van der Waals surface area contributed by atoms with E-state index in [2.05, 4.69) is 52.9 Å². The van der Waals surface area contributed by atoms with Crippen LogP contribution in [0.2, 0.25) is 0 Å². The Hall–Kier alpha value is -0.600.